The van der Waals surface area contributed by atoms with Crippen LogP contribution in [-0.2, 0) is 17.6 Å². The van der Waals surface area contributed by atoms with E-state index in [0.717, 1.165) is 43.9 Å². The number of ether oxygens (including phenoxy) is 1. The predicted molar refractivity (Wildman–Crippen MR) is 99.2 cm³/mol. The van der Waals surface area contributed by atoms with Crippen molar-refractivity contribution in [1.29, 1.82) is 5.26 Å². The third kappa shape index (κ3) is 3.71. The highest BCUT2D eigenvalue weighted by Crippen LogP contribution is 2.28. The van der Waals surface area contributed by atoms with E-state index >= 15 is 0 Å². The third-order valence-corrected chi connectivity index (χ3v) is 5.78. The Morgan fingerprint density at radius 3 is 2.81 bits per heavy atom. The number of aromatic nitrogens is 1. The molecule has 140 valence electrons. The minimum atomic E-state index is -0.925. The number of rotatable bonds is 3. The number of pyridine rings is 1. The van der Waals surface area contributed by atoms with Crippen molar-refractivity contribution in [3.8, 4) is 6.07 Å². The van der Waals surface area contributed by atoms with Crippen LogP contribution < -0.4 is 4.90 Å². The highest BCUT2D eigenvalue weighted by Gasteiger charge is 2.36. The van der Waals surface area contributed by atoms with Gasteiger partial charge < -0.3 is 19.6 Å². The molecule has 0 spiro atoms. The van der Waals surface area contributed by atoms with Gasteiger partial charge in [-0.2, -0.15) is 5.26 Å². The summed E-state index contributed by atoms with van der Waals surface area (Å²) in [6.07, 6.45) is 6.73. The van der Waals surface area contributed by atoms with Gasteiger partial charge in [0.1, 0.15) is 17.5 Å². The number of β-amino-alcohol motifs (C(OH)–C–C–N with tert-alkyl or cyclic N) is 1. The average molecular weight is 356 g/mol. The van der Waals surface area contributed by atoms with Gasteiger partial charge in [0.2, 0.25) is 0 Å². The Hall–Kier alpha value is -1.68. The molecule has 6 nitrogen and oxygen atoms in total. The monoisotopic (exact) mass is 356 g/mol. The van der Waals surface area contributed by atoms with E-state index < -0.39 is 5.60 Å². The molecule has 2 fully saturated rings. The van der Waals surface area contributed by atoms with E-state index in [2.05, 4.69) is 15.9 Å². The van der Waals surface area contributed by atoms with Crippen LogP contribution in [0.4, 0.5) is 5.82 Å². The molecule has 2 saturated heterocycles. The molecule has 0 radical (unpaired) electrons. The van der Waals surface area contributed by atoms with Crippen LogP contribution in [0.15, 0.2) is 6.07 Å². The SMILES string of the molecule is N#Cc1cc2c(nc1N1CCOC[C@](O)(CN3CCCC3)C1)CCCC2. The molecule has 3 heterocycles. The topological polar surface area (TPSA) is 72.6 Å². The molecule has 4 rings (SSSR count). The molecule has 0 saturated carbocycles. The van der Waals surface area contributed by atoms with Crippen LogP contribution >= 0.6 is 0 Å². The molecule has 3 aliphatic rings. The highest BCUT2D eigenvalue weighted by molar-refractivity contribution is 5.57. The quantitative estimate of drug-likeness (QED) is 0.885. The van der Waals surface area contributed by atoms with Gasteiger partial charge in [-0.05, 0) is 63.2 Å². The molecule has 0 unspecified atom stereocenters. The Labute approximate surface area is 155 Å². The first-order valence-corrected chi connectivity index (χ1v) is 9.87. The molecule has 2 aliphatic heterocycles. The van der Waals surface area contributed by atoms with Crippen molar-refractivity contribution in [2.24, 2.45) is 0 Å². The van der Waals surface area contributed by atoms with E-state index in [4.69, 9.17) is 9.72 Å². The standard InChI is InChI=1S/C20H28N4O2/c21-12-17-11-16-5-1-2-6-18(16)22-19(17)24-9-10-26-15-20(25,14-24)13-23-7-3-4-8-23/h11,25H,1-10,13-15H2/t20-/m0/s1. The number of likely N-dealkylation sites (tertiary alicyclic amines) is 1. The summed E-state index contributed by atoms with van der Waals surface area (Å²) in [6, 6.07) is 4.34. The Morgan fingerprint density at radius 1 is 1.19 bits per heavy atom. The first-order chi connectivity index (χ1) is 12.7. The molecule has 1 aliphatic carbocycles. The van der Waals surface area contributed by atoms with E-state index in [1.54, 1.807) is 0 Å². The van der Waals surface area contributed by atoms with E-state index in [0.29, 0.717) is 38.4 Å². The lowest BCUT2D eigenvalue weighted by Crippen LogP contribution is -2.52. The van der Waals surface area contributed by atoms with Crippen LogP contribution in [0.3, 0.4) is 0 Å². The van der Waals surface area contributed by atoms with E-state index in [1.807, 2.05) is 6.07 Å². The molecular formula is C20H28N4O2. The predicted octanol–water partition coefficient (Wildman–Crippen LogP) is 1.50. The number of nitriles is 1. The number of aliphatic hydroxyl groups is 1. The summed E-state index contributed by atoms with van der Waals surface area (Å²) in [7, 11) is 0. The molecule has 26 heavy (non-hydrogen) atoms. The van der Waals surface area contributed by atoms with Crippen molar-refractivity contribution < 1.29 is 9.84 Å². The van der Waals surface area contributed by atoms with Gasteiger partial charge in [0, 0.05) is 18.8 Å². The van der Waals surface area contributed by atoms with Gasteiger partial charge in [-0.3, -0.25) is 0 Å². The van der Waals surface area contributed by atoms with Gasteiger partial charge in [0.05, 0.1) is 25.3 Å². The van der Waals surface area contributed by atoms with E-state index in [9.17, 15) is 10.4 Å². The highest BCUT2D eigenvalue weighted by atomic mass is 16.5. The zero-order valence-electron chi connectivity index (χ0n) is 15.4. The second-order valence-electron chi connectivity index (χ2n) is 7.97. The summed E-state index contributed by atoms with van der Waals surface area (Å²) in [5.74, 6) is 0.721. The molecular weight excluding hydrogens is 328 g/mol. The number of anilines is 1. The second-order valence-corrected chi connectivity index (χ2v) is 7.97. The number of aryl methyl sites for hydroxylation is 2. The summed E-state index contributed by atoms with van der Waals surface area (Å²) in [4.78, 5) is 9.25. The maximum atomic E-state index is 11.2. The fraction of sp³-hybridized carbons (Fsp3) is 0.700. The minimum absolute atomic E-state index is 0.340. The van der Waals surface area contributed by atoms with E-state index in [1.165, 1.54) is 24.8 Å². The summed E-state index contributed by atoms with van der Waals surface area (Å²) in [5.41, 5.74) is 2.04. The zero-order valence-corrected chi connectivity index (χ0v) is 15.4. The Kier molecular flexibility index (Phi) is 5.12. The summed E-state index contributed by atoms with van der Waals surface area (Å²) < 4.78 is 5.73. The lowest BCUT2D eigenvalue weighted by Gasteiger charge is -2.35. The van der Waals surface area contributed by atoms with Gasteiger partial charge in [0.25, 0.3) is 0 Å². The zero-order chi connectivity index (χ0) is 18.0. The third-order valence-electron chi connectivity index (χ3n) is 5.78. The lowest BCUT2D eigenvalue weighted by molar-refractivity contribution is -0.0439. The smallest absolute Gasteiger partial charge is 0.147 e. The fourth-order valence-corrected chi connectivity index (χ4v) is 4.50. The fourth-order valence-electron chi connectivity index (χ4n) is 4.50. The minimum Gasteiger partial charge on any atom is -0.384 e. The maximum Gasteiger partial charge on any atom is 0.147 e. The van der Waals surface area contributed by atoms with Crippen molar-refractivity contribution in [2.75, 3.05) is 50.8 Å². The van der Waals surface area contributed by atoms with Crippen molar-refractivity contribution in [2.45, 2.75) is 44.1 Å². The van der Waals surface area contributed by atoms with Crippen LogP contribution in [0.2, 0.25) is 0 Å². The van der Waals surface area contributed by atoms with Gasteiger partial charge in [-0.15, -0.1) is 0 Å². The van der Waals surface area contributed by atoms with Gasteiger partial charge in [0.15, 0.2) is 0 Å². The van der Waals surface area contributed by atoms with E-state index in [-0.39, 0.29) is 0 Å². The molecule has 0 bridgehead atoms. The maximum absolute atomic E-state index is 11.2. The Morgan fingerprint density at radius 2 is 2.00 bits per heavy atom. The van der Waals surface area contributed by atoms with Crippen molar-refractivity contribution in [3.63, 3.8) is 0 Å². The number of fused-ring (bicyclic) bond motifs is 1. The second kappa shape index (κ2) is 7.51. The van der Waals surface area contributed by atoms with Crippen LogP contribution in [0.25, 0.3) is 0 Å². The molecule has 1 N–H and O–H groups in total. The number of hydrogen-bond donors (Lipinski definition) is 1. The summed E-state index contributed by atoms with van der Waals surface area (Å²) in [5, 5.41) is 20.9. The molecule has 6 heteroatoms. The van der Waals surface area contributed by atoms with Gasteiger partial charge in [-0.25, -0.2) is 4.98 Å². The number of hydrogen-bond acceptors (Lipinski definition) is 6. The van der Waals surface area contributed by atoms with Crippen molar-refractivity contribution >= 4 is 5.82 Å². The lowest BCUT2D eigenvalue weighted by atomic mass is 9.94. The Balaban J connectivity index is 1.60. The molecule has 0 aromatic carbocycles. The summed E-state index contributed by atoms with van der Waals surface area (Å²) >= 11 is 0. The first kappa shape index (κ1) is 17.7. The Bertz CT molecular complexity index is 696. The van der Waals surface area contributed by atoms with Crippen LogP contribution in [0.1, 0.15) is 42.5 Å². The normalized spacial score (nSPS) is 27.0. The molecule has 1 aromatic heterocycles. The van der Waals surface area contributed by atoms with Crippen LogP contribution in [0.5, 0.6) is 0 Å². The molecule has 1 aromatic rings. The summed E-state index contributed by atoms with van der Waals surface area (Å²) in [6.45, 7) is 4.72. The van der Waals surface area contributed by atoms with Gasteiger partial charge >= 0.3 is 0 Å². The molecule has 1 atom stereocenters. The average Bonchev–Trinajstić information content (AvgIpc) is 3.07. The van der Waals surface area contributed by atoms with Crippen molar-refractivity contribution in [3.05, 3.63) is 22.9 Å². The first-order valence-electron chi connectivity index (χ1n) is 9.87. The molecule has 0 amide bonds. The van der Waals surface area contributed by atoms with Crippen LogP contribution in [0, 0.1) is 11.3 Å². The van der Waals surface area contributed by atoms with Crippen LogP contribution in [-0.4, -0.2) is 66.5 Å². The largest absolute Gasteiger partial charge is 0.384 e. The van der Waals surface area contributed by atoms with Crippen molar-refractivity contribution in [1.82, 2.24) is 9.88 Å². The van der Waals surface area contributed by atoms with Gasteiger partial charge in [-0.1, -0.05) is 0 Å². The number of nitrogens with zero attached hydrogens (tertiary/aromatic N) is 4.